The molecule has 338 valence electrons. The van der Waals surface area contributed by atoms with E-state index < -0.39 is 144 Å². The van der Waals surface area contributed by atoms with Gasteiger partial charge in [-0.25, -0.2) is 87.8 Å². The van der Waals surface area contributed by atoms with Crippen LogP contribution in [0.3, 0.4) is 0 Å². The van der Waals surface area contributed by atoms with E-state index in [-0.39, 0.29) is 10.6 Å². The molecule has 0 aliphatic rings. The third-order valence-corrected chi connectivity index (χ3v) is 9.94. The molecule has 1 heterocycles. The van der Waals surface area contributed by atoms with E-state index >= 15 is 35.1 Å². The maximum atomic E-state index is 15.4. The van der Waals surface area contributed by atoms with Gasteiger partial charge in [0, 0.05) is 5.56 Å². The van der Waals surface area contributed by atoms with Crippen LogP contribution in [0.2, 0.25) is 0 Å². The Bertz CT molecular complexity index is 2740. The smallest absolute Gasteiger partial charge is 0.258 e. The summed E-state index contributed by atoms with van der Waals surface area (Å²) in [4.78, 5) is 10.9. The average Bonchev–Trinajstić information content (AvgIpc) is 3.29. The summed E-state index contributed by atoms with van der Waals surface area (Å²) in [5.41, 5.74) is -13.1. The van der Waals surface area contributed by atoms with Gasteiger partial charge in [0.25, 0.3) is 0 Å². The lowest BCUT2D eigenvalue weighted by atomic mass is 9.12. The Balaban J connectivity index is 0.000000289. The van der Waals surface area contributed by atoms with E-state index in [1.165, 1.54) is 0 Å². The lowest BCUT2D eigenvalue weighted by Crippen LogP contribution is -2.81. The van der Waals surface area contributed by atoms with Crippen molar-refractivity contribution in [2.24, 2.45) is 0 Å². The highest BCUT2D eigenvalue weighted by Gasteiger charge is 2.52. The van der Waals surface area contributed by atoms with E-state index in [2.05, 4.69) is 0 Å². The normalized spacial score (nSPS) is 11.6. The van der Waals surface area contributed by atoms with Gasteiger partial charge in [-0.05, 0) is 12.1 Å². The van der Waals surface area contributed by atoms with Crippen LogP contribution in [0.25, 0.3) is 10.8 Å². The molecular formula is C40H13BF20N2O2. The lowest BCUT2D eigenvalue weighted by Gasteiger charge is -2.44. The van der Waals surface area contributed by atoms with E-state index in [1.54, 1.807) is 12.3 Å². The van der Waals surface area contributed by atoms with Gasteiger partial charge in [-0.1, -0.05) is 42.5 Å². The number of pyridine rings is 1. The highest BCUT2D eigenvalue weighted by Crippen LogP contribution is 2.31. The van der Waals surface area contributed by atoms with Crippen molar-refractivity contribution in [2.75, 3.05) is 0 Å². The summed E-state index contributed by atoms with van der Waals surface area (Å²) in [5, 5.41) is 12.8. The summed E-state index contributed by atoms with van der Waals surface area (Å²) in [5.74, 6) is -71.4. The van der Waals surface area contributed by atoms with Crippen molar-refractivity contribution in [1.29, 1.82) is 0 Å². The summed E-state index contributed by atoms with van der Waals surface area (Å²) in [6.45, 7) is 0.618. The van der Waals surface area contributed by atoms with E-state index in [0.717, 1.165) is 10.9 Å². The quantitative estimate of drug-likeness (QED) is 0.0305. The fraction of sp³-hybridized carbons (Fsp3) is 0.0250. The average molecular weight is 944 g/mol. The number of benzene rings is 6. The number of nitrogens with zero attached hydrogens (tertiary/aromatic N) is 2. The molecule has 0 saturated carbocycles. The minimum Gasteiger partial charge on any atom is -0.258 e. The molecule has 4 nitrogen and oxygen atoms in total. The Labute approximate surface area is 347 Å². The molecule has 65 heavy (non-hydrogen) atoms. The first kappa shape index (κ1) is 47.3. The molecule has 0 aliphatic carbocycles. The topological polar surface area (TPSA) is 47.0 Å². The maximum Gasteiger partial charge on any atom is 0.340 e. The van der Waals surface area contributed by atoms with E-state index in [0.29, 0.717) is 11.9 Å². The SMILES string of the molecule is Fc1c(F)c(F)c([B-](c2c(F)c(F)c(F)c(F)c2F)(c2c(F)c(F)c(F)c(F)c2F)c2c(F)c(F)c(F)c(F)c2F)c(F)c1F.O=[N+]([O-])c1c[n+](Cc2ccccc2)cc2ccccc12. The maximum absolute atomic E-state index is 15.4. The molecule has 0 bridgehead atoms. The Morgan fingerprint density at radius 3 is 0.969 bits per heavy atom. The van der Waals surface area contributed by atoms with Gasteiger partial charge in [-0.2, -0.15) is 4.57 Å². The zero-order valence-corrected chi connectivity index (χ0v) is 30.9. The zero-order valence-electron chi connectivity index (χ0n) is 30.9. The first-order valence-corrected chi connectivity index (χ1v) is 17.3. The van der Waals surface area contributed by atoms with Gasteiger partial charge in [-0.3, -0.25) is 10.1 Å². The number of fused-ring (bicyclic) bond motifs is 1. The first-order valence-electron chi connectivity index (χ1n) is 17.3. The van der Waals surface area contributed by atoms with Crippen LogP contribution in [0.5, 0.6) is 0 Å². The van der Waals surface area contributed by atoms with Gasteiger partial charge in [0.15, 0.2) is 82.5 Å². The highest BCUT2D eigenvalue weighted by atomic mass is 19.2. The zero-order chi connectivity index (χ0) is 48.3. The van der Waals surface area contributed by atoms with Crippen molar-refractivity contribution in [1.82, 2.24) is 0 Å². The van der Waals surface area contributed by atoms with Gasteiger partial charge in [0.2, 0.25) is 6.20 Å². The molecule has 6 aromatic carbocycles. The molecule has 0 unspecified atom stereocenters. The van der Waals surface area contributed by atoms with E-state index in [1.807, 2.05) is 59.3 Å². The molecule has 0 spiro atoms. The van der Waals surface area contributed by atoms with Crippen molar-refractivity contribution in [3.05, 3.63) is 199 Å². The fourth-order valence-electron chi connectivity index (χ4n) is 7.19. The van der Waals surface area contributed by atoms with Gasteiger partial charge in [-0.15, -0.1) is 21.9 Å². The van der Waals surface area contributed by atoms with Crippen molar-refractivity contribution in [3.8, 4) is 0 Å². The molecular weight excluding hydrogens is 931 g/mol. The number of halogens is 20. The summed E-state index contributed by atoms with van der Waals surface area (Å²) >= 11 is 0. The van der Waals surface area contributed by atoms with Crippen LogP contribution in [-0.4, -0.2) is 11.1 Å². The van der Waals surface area contributed by atoms with Crippen LogP contribution < -0.4 is 26.4 Å². The second kappa shape index (κ2) is 17.4. The molecule has 0 aliphatic heterocycles. The standard InChI is InChI=1S/C24BF20.C16H13N2O2/c26-5-1(6(27)14(35)21(42)13(5)34)25(2-7(28)15(36)22(43)16(37)8(2)29,3-9(30)17(38)23(44)18(39)10(3)31)4-11(32)19(40)24(45)20(41)12(4)33;19-18(20)16-12-17(10-13-6-2-1-3-7-13)11-14-8-4-5-9-15(14)16/h;1-9,11-12H,10H2/q-1;+1. The van der Waals surface area contributed by atoms with Crippen LogP contribution in [0.4, 0.5) is 93.5 Å². The van der Waals surface area contributed by atoms with Crippen molar-refractivity contribution in [3.63, 3.8) is 0 Å². The van der Waals surface area contributed by atoms with Crippen molar-refractivity contribution in [2.45, 2.75) is 6.54 Å². The number of rotatable bonds is 7. The Morgan fingerprint density at radius 2 is 0.662 bits per heavy atom. The highest BCUT2D eigenvalue weighted by molar-refractivity contribution is 7.20. The Kier molecular flexibility index (Phi) is 12.7. The first-order chi connectivity index (χ1) is 30.4. The molecule has 7 rings (SSSR count). The van der Waals surface area contributed by atoms with Crippen molar-refractivity contribution >= 4 is 44.5 Å². The third-order valence-electron chi connectivity index (χ3n) is 9.94. The van der Waals surface area contributed by atoms with Gasteiger partial charge in [0.1, 0.15) is 52.7 Å². The minimum atomic E-state index is -7.22. The van der Waals surface area contributed by atoms with Crippen LogP contribution in [0.15, 0.2) is 67.0 Å². The predicted molar refractivity (Wildman–Crippen MR) is 186 cm³/mol. The number of hydrogen-bond donors (Lipinski definition) is 0. The molecule has 0 saturated heterocycles. The molecule has 0 N–H and O–H groups in total. The van der Waals surface area contributed by atoms with Crippen LogP contribution in [0.1, 0.15) is 5.56 Å². The molecule has 0 fully saturated rings. The molecule has 1 aromatic heterocycles. The summed E-state index contributed by atoms with van der Waals surface area (Å²) in [6.07, 6.45) is -3.68. The lowest BCUT2D eigenvalue weighted by molar-refractivity contribution is -0.689. The van der Waals surface area contributed by atoms with Crippen LogP contribution >= 0.6 is 0 Å². The molecule has 25 heteroatoms. The van der Waals surface area contributed by atoms with Crippen molar-refractivity contribution < 1.29 is 97.3 Å². The summed E-state index contributed by atoms with van der Waals surface area (Å²) in [6, 6.07) is 17.3. The fourth-order valence-corrected chi connectivity index (χ4v) is 7.19. The predicted octanol–water partition coefficient (Wildman–Crippen LogP) is 8.93. The Morgan fingerprint density at radius 1 is 0.385 bits per heavy atom. The monoisotopic (exact) mass is 944 g/mol. The molecule has 0 radical (unpaired) electrons. The van der Waals surface area contributed by atoms with Crippen LogP contribution in [-0.2, 0) is 6.54 Å². The van der Waals surface area contributed by atoms with Gasteiger partial charge < -0.3 is 0 Å². The second-order valence-corrected chi connectivity index (χ2v) is 13.4. The second-order valence-electron chi connectivity index (χ2n) is 13.4. The minimum absolute atomic E-state index is 0.138. The van der Waals surface area contributed by atoms with Crippen LogP contribution in [0, 0.1) is 126 Å². The molecule has 7 aromatic rings. The number of nitro groups is 1. The number of aromatic nitrogens is 1. The summed E-state index contributed by atoms with van der Waals surface area (Å²) in [7, 11) is 0. The van der Waals surface area contributed by atoms with Gasteiger partial charge >= 0.3 is 5.69 Å². The third kappa shape index (κ3) is 7.40. The van der Waals surface area contributed by atoms with E-state index in [4.69, 9.17) is 0 Å². The van der Waals surface area contributed by atoms with Gasteiger partial charge in [0.05, 0.1) is 15.7 Å². The molecule has 0 atom stereocenters. The largest absolute Gasteiger partial charge is 0.340 e. The Hall–Kier alpha value is -7.21. The molecule has 0 amide bonds. The summed E-state index contributed by atoms with van der Waals surface area (Å²) < 4.78 is 296. The number of hydrogen-bond acceptors (Lipinski definition) is 2. The van der Waals surface area contributed by atoms with E-state index in [9.17, 15) is 62.8 Å².